The van der Waals surface area contributed by atoms with Gasteiger partial charge in [0.15, 0.2) is 5.78 Å². The number of guanidine groups is 1. The second kappa shape index (κ2) is 7.22. The van der Waals surface area contributed by atoms with E-state index in [0.717, 1.165) is 43.0 Å². The van der Waals surface area contributed by atoms with Crippen LogP contribution in [0, 0.1) is 0 Å². The maximum atomic E-state index is 13.4. The number of piperazine rings is 1. The Bertz CT molecular complexity index is 1100. The van der Waals surface area contributed by atoms with Crippen LogP contribution < -0.4 is 4.90 Å². The number of hydrogen-bond donors (Lipinski definition) is 0. The third-order valence-electron chi connectivity index (χ3n) is 5.96. The summed E-state index contributed by atoms with van der Waals surface area (Å²) in [6, 6.07) is 16.0. The average Bonchev–Trinajstić information content (AvgIpc) is 3.21. The Balaban J connectivity index is 1.57. The zero-order chi connectivity index (χ0) is 20.8. The van der Waals surface area contributed by atoms with E-state index in [1.807, 2.05) is 55.4 Å². The molecule has 0 aromatic heterocycles. The van der Waals surface area contributed by atoms with Gasteiger partial charge in [0, 0.05) is 57.1 Å². The molecule has 0 radical (unpaired) electrons. The highest BCUT2D eigenvalue weighted by Crippen LogP contribution is 2.36. The Morgan fingerprint density at radius 3 is 2.20 bits per heavy atom. The van der Waals surface area contributed by atoms with Crippen LogP contribution in [0.25, 0.3) is 5.57 Å². The number of anilines is 1. The van der Waals surface area contributed by atoms with Crippen molar-refractivity contribution in [3.05, 3.63) is 70.9 Å². The molecule has 30 heavy (non-hydrogen) atoms. The van der Waals surface area contributed by atoms with Crippen LogP contribution in [-0.2, 0) is 0 Å². The fourth-order valence-corrected chi connectivity index (χ4v) is 4.19. The molecular weight excluding hydrogens is 374 g/mol. The number of aliphatic imine (C=N–C) groups is 2. The van der Waals surface area contributed by atoms with Gasteiger partial charge in [-0.2, -0.15) is 0 Å². The van der Waals surface area contributed by atoms with Gasteiger partial charge in [0.1, 0.15) is 11.4 Å². The molecule has 2 aromatic rings. The van der Waals surface area contributed by atoms with E-state index < -0.39 is 0 Å². The van der Waals surface area contributed by atoms with Crippen molar-refractivity contribution < 1.29 is 4.79 Å². The minimum atomic E-state index is 0.00986. The summed E-state index contributed by atoms with van der Waals surface area (Å²) >= 11 is 0. The van der Waals surface area contributed by atoms with Crippen molar-refractivity contribution in [2.45, 2.75) is 0 Å². The van der Waals surface area contributed by atoms with Gasteiger partial charge in [-0.25, -0.2) is 9.98 Å². The van der Waals surface area contributed by atoms with Gasteiger partial charge in [-0.05, 0) is 24.7 Å². The number of fused-ring (bicyclic) bond motifs is 3. The van der Waals surface area contributed by atoms with E-state index in [1.54, 1.807) is 0 Å². The number of carbonyl (C=O) groups excluding carboxylic acids is 1. The van der Waals surface area contributed by atoms with Crippen LogP contribution in [0.3, 0.4) is 0 Å². The van der Waals surface area contributed by atoms with Crippen LogP contribution in [0.2, 0.25) is 0 Å². The quantitative estimate of drug-likeness (QED) is 0.779. The molecule has 3 aliphatic rings. The molecule has 5 rings (SSSR count). The van der Waals surface area contributed by atoms with E-state index in [0.29, 0.717) is 22.8 Å². The van der Waals surface area contributed by atoms with Crippen LogP contribution >= 0.6 is 0 Å². The molecule has 0 N–H and O–H groups in total. The molecule has 6 nitrogen and oxygen atoms in total. The van der Waals surface area contributed by atoms with E-state index in [1.165, 1.54) is 5.69 Å². The molecule has 1 saturated heterocycles. The second-order valence-electron chi connectivity index (χ2n) is 8.20. The maximum absolute atomic E-state index is 13.4. The van der Waals surface area contributed by atoms with Gasteiger partial charge in [-0.3, -0.25) is 4.79 Å². The van der Waals surface area contributed by atoms with Crippen molar-refractivity contribution in [2.24, 2.45) is 9.98 Å². The second-order valence-corrected chi connectivity index (χ2v) is 8.20. The first-order chi connectivity index (χ1) is 14.5. The molecule has 0 saturated carbocycles. The summed E-state index contributed by atoms with van der Waals surface area (Å²) in [5.74, 6) is 0.631. The molecule has 0 atom stereocenters. The third-order valence-corrected chi connectivity index (χ3v) is 5.96. The molecule has 6 heteroatoms. The first-order valence-corrected chi connectivity index (χ1v) is 10.3. The lowest BCUT2D eigenvalue weighted by molar-refractivity contribution is 0.105. The van der Waals surface area contributed by atoms with Gasteiger partial charge < -0.3 is 14.7 Å². The predicted octanol–water partition coefficient (Wildman–Crippen LogP) is 2.77. The molecule has 152 valence electrons. The lowest BCUT2D eigenvalue weighted by atomic mass is 9.84. The van der Waals surface area contributed by atoms with Crippen molar-refractivity contribution >= 4 is 28.7 Å². The molecule has 2 aromatic carbocycles. The summed E-state index contributed by atoms with van der Waals surface area (Å²) in [7, 11) is 5.99. The first-order valence-electron chi connectivity index (χ1n) is 10.3. The van der Waals surface area contributed by atoms with Gasteiger partial charge >= 0.3 is 0 Å². The van der Waals surface area contributed by atoms with E-state index in [2.05, 4.69) is 29.0 Å². The normalized spacial score (nSPS) is 18.8. The summed E-state index contributed by atoms with van der Waals surface area (Å²) in [6.07, 6.45) is 0. The summed E-state index contributed by atoms with van der Waals surface area (Å²) in [4.78, 5) is 29.5. The van der Waals surface area contributed by atoms with Crippen molar-refractivity contribution in [1.29, 1.82) is 0 Å². The number of likely N-dealkylation sites (N-methyl/N-ethyl adjacent to an activating group) is 1. The van der Waals surface area contributed by atoms with E-state index in [-0.39, 0.29) is 5.78 Å². The van der Waals surface area contributed by atoms with Crippen LogP contribution in [-0.4, -0.2) is 74.6 Å². The molecular formula is C24H25N5O. The Labute approximate surface area is 176 Å². The summed E-state index contributed by atoms with van der Waals surface area (Å²) < 4.78 is 0. The zero-order valence-corrected chi connectivity index (χ0v) is 17.6. The van der Waals surface area contributed by atoms with Crippen molar-refractivity contribution in [3.63, 3.8) is 0 Å². The fourth-order valence-electron chi connectivity index (χ4n) is 4.19. The molecule has 1 aliphatic carbocycles. The number of hydrogen-bond acceptors (Lipinski definition) is 6. The third kappa shape index (κ3) is 3.04. The van der Waals surface area contributed by atoms with Crippen LogP contribution in [0.1, 0.15) is 21.5 Å². The Hall–Kier alpha value is -3.25. The van der Waals surface area contributed by atoms with E-state index >= 15 is 0 Å². The van der Waals surface area contributed by atoms with Crippen molar-refractivity contribution in [1.82, 2.24) is 9.80 Å². The lowest BCUT2D eigenvalue weighted by Crippen LogP contribution is -2.44. The number of benzene rings is 2. The van der Waals surface area contributed by atoms with Gasteiger partial charge in [0.05, 0.1) is 5.57 Å². The minimum absolute atomic E-state index is 0.00986. The zero-order valence-electron chi connectivity index (χ0n) is 17.6. The van der Waals surface area contributed by atoms with Gasteiger partial charge in [-0.1, -0.05) is 36.4 Å². The monoisotopic (exact) mass is 399 g/mol. The Morgan fingerprint density at radius 2 is 1.53 bits per heavy atom. The fraction of sp³-hybridized carbons (Fsp3) is 0.292. The molecule has 1 fully saturated rings. The topological polar surface area (TPSA) is 51.5 Å². The minimum Gasteiger partial charge on any atom is -0.369 e. The molecule has 0 spiro atoms. The molecule has 2 heterocycles. The van der Waals surface area contributed by atoms with E-state index in [4.69, 9.17) is 9.98 Å². The first kappa shape index (κ1) is 18.8. The van der Waals surface area contributed by atoms with Gasteiger partial charge in [-0.15, -0.1) is 0 Å². The molecule has 2 aliphatic heterocycles. The van der Waals surface area contributed by atoms with Crippen molar-refractivity contribution in [2.75, 3.05) is 52.2 Å². The number of rotatable bonds is 2. The Morgan fingerprint density at radius 1 is 0.867 bits per heavy atom. The molecule has 0 amide bonds. The highest BCUT2D eigenvalue weighted by molar-refractivity contribution is 6.43. The number of carbonyl (C=O) groups is 1. The van der Waals surface area contributed by atoms with Crippen LogP contribution in [0.4, 0.5) is 5.69 Å². The summed E-state index contributed by atoms with van der Waals surface area (Å²) in [6.45, 7) is 4.16. The molecule has 0 unspecified atom stereocenters. The lowest BCUT2D eigenvalue weighted by Gasteiger charge is -2.34. The van der Waals surface area contributed by atoms with E-state index in [9.17, 15) is 4.79 Å². The summed E-state index contributed by atoms with van der Waals surface area (Å²) in [5, 5.41) is 0. The standard InChI is InChI=1S/C24H25N5O/c1-27(2)24-25-21-18-6-4-5-7-19(18)23(30)20(22(21)26-24)16-8-10-17(11-9-16)29-14-12-28(3)13-15-29/h4-11H,12-15H2,1-3H3. The smallest absolute Gasteiger partial charge is 0.226 e. The highest BCUT2D eigenvalue weighted by Gasteiger charge is 2.34. The number of allylic oxidation sites excluding steroid dienone is 2. The van der Waals surface area contributed by atoms with Crippen LogP contribution in [0.15, 0.2) is 64.2 Å². The number of nitrogens with zero attached hydrogens (tertiary/aromatic N) is 5. The average molecular weight is 399 g/mol. The van der Waals surface area contributed by atoms with Crippen LogP contribution in [0.5, 0.6) is 0 Å². The number of ketones is 1. The maximum Gasteiger partial charge on any atom is 0.226 e. The predicted molar refractivity (Wildman–Crippen MR) is 122 cm³/mol. The van der Waals surface area contributed by atoms with Crippen molar-refractivity contribution in [3.8, 4) is 0 Å². The SMILES string of the molecule is CN1CCN(c2ccc(C3=C4N=C(N(C)C)N=C4c4ccccc4C3=O)cc2)CC1. The highest BCUT2D eigenvalue weighted by atomic mass is 16.1. The molecule has 0 bridgehead atoms. The summed E-state index contributed by atoms with van der Waals surface area (Å²) in [5.41, 5.74) is 5.72. The van der Waals surface area contributed by atoms with Gasteiger partial charge in [0.2, 0.25) is 5.96 Å². The van der Waals surface area contributed by atoms with Gasteiger partial charge in [0.25, 0.3) is 0 Å². The number of Topliss-reactive ketones (excluding diaryl/α,β-unsaturated/α-hetero) is 1. The largest absolute Gasteiger partial charge is 0.369 e. The Kier molecular flexibility index (Phi) is 4.51.